The van der Waals surface area contributed by atoms with Gasteiger partial charge in [-0.05, 0) is 0 Å². The summed E-state index contributed by atoms with van der Waals surface area (Å²) in [5.41, 5.74) is 0.128. The zero-order valence-electron chi connectivity index (χ0n) is 10.2. The van der Waals surface area contributed by atoms with Gasteiger partial charge in [0.1, 0.15) is 6.54 Å². The van der Waals surface area contributed by atoms with E-state index in [0.29, 0.717) is 10.4 Å². The van der Waals surface area contributed by atoms with Crippen LogP contribution in [0.2, 0.25) is 0 Å². The van der Waals surface area contributed by atoms with Gasteiger partial charge in [0.2, 0.25) is 5.78 Å². The quantitative estimate of drug-likeness (QED) is 0.624. The number of hydrogen-bond acceptors (Lipinski definition) is 5. The minimum Gasteiger partial charge on any atom is -0.468 e. The summed E-state index contributed by atoms with van der Waals surface area (Å²) in [6.07, 6.45) is 0. The van der Waals surface area contributed by atoms with Gasteiger partial charge in [0.15, 0.2) is 0 Å². The molecular formula is C13H11NO4S. The molecule has 0 atom stereocenters. The Balaban J connectivity index is 2.28. The Morgan fingerprint density at radius 1 is 1.26 bits per heavy atom. The number of esters is 1. The summed E-state index contributed by atoms with van der Waals surface area (Å²) in [5, 5.41) is 0. The molecule has 2 rings (SSSR count). The largest absolute Gasteiger partial charge is 0.468 e. The molecule has 19 heavy (non-hydrogen) atoms. The Bertz CT molecular complexity index is 657. The number of carbonyl (C=O) groups is 2. The molecule has 1 aromatic carbocycles. The normalized spacial score (nSPS) is 10.2. The van der Waals surface area contributed by atoms with Crippen LogP contribution in [0.25, 0.3) is 0 Å². The second-order valence-electron chi connectivity index (χ2n) is 3.75. The zero-order valence-corrected chi connectivity index (χ0v) is 11.0. The van der Waals surface area contributed by atoms with Gasteiger partial charge in [0.05, 0.1) is 12.0 Å². The van der Waals surface area contributed by atoms with Crippen molar-refractivity contribution in [3.8, 4) is 0 Å². The summed E-state index contributed by atoms with van der Waals surface area (Å²) < 4.78 is 5.68. The molecule has 0 bridgehead atoms. The summed E-state index contributed by atoms with van der Waals surface area (Å²) in [6.45, 7) is -0.179. The van der Waals surface area contributed by atoms with Crippen molar-refractivity contribution < 1.29 is 14.3 Å². The molecule has 0 aliphatic carbocycles. The summed E-state index contributed by atoms with van der Waals surface area (Å²) in [6, 6.07) is 9.90. The fourth-order valence-corrected chi connectivity index (χ4v) is 2.41. The zero-order chi connectivity index (χ0) is 13.8. The molecule has 0 fully saturated rings. The highest BCUT2D eigenvalue weighted by atomic mass is 32.1. The van der Waals surface area contributed by atoms with Gasteiger partial charge in [-0.15, -0.1) is 0 Å². The van der Waals surface area contributed by atoms with Gasteiger partial charge in [0, 0.05) is 11.6 Å². The highest BCUT2D eigenvalue weighted by molar-refractivity contribution is 7.08. The standard InChI is InChI=1S/C13H11NO4S/c1-18-12(16)8-14-11(15)7-10(19-14)13(17)9-5-3-2-4-6-9/h2-7H,8H2,1H3. The Labute approximate surface area is 113 Å². The maximum atomic E-state index is 12.1. The minimum absolute atomic E-state index is 0.179. The van der Waals surface area contributed by atoms with Crippen LogP contribution in [0.5, 0.6) is 0 Å². The number of aromatic nitrogens is 1. The summed E-state index contributed by atoms with van der Waals surface area (Å²) >= 11 is 0.960. The van der Waals surface area contributed by atoms with E-state index in [1.54, 1.807) is 24.3 Å². The second kappa shape index (κ2) is 5.62. The van der Waals surface area contributed by atoms with Crippen LogP contribution in [-0.2, 0) is 16.1 Å². The minimum atomic E-state index is -0.525. The lowest BCUT2D eigenvalue weighted by Gasteiger charge is -1.98. The lowest BCUT2D eigenvalue weighted by molar-refractivity contribution is -0.141. The van der Waals surface area contributed by atoms with Crippen LogP contribution in [0.1, 0.15) is 15.2 Å². The van der Waals surface area contributed by atoms with Crippen LogP contribution >= 0.6 is 11.5 Å². The number of ether oxygens (including phenoxy) is 1. The van der Waals surface area contributed by atoms with Crippen molar-refractivity contribution in [3.05, 3.63) is 57.2 Å². The summed E-state index contributed by atoms with van der Waals surface area (Å²) in [7, 11) is 1.25. The van der Waals surface area contributed by atoms with E-state index >= 15 is 0 Å². The Hall–Kier alpha value is -2.21. The van der Waals surface area contributed by atoms with Gasteiger partial charge < -0.3 is 4.74 Å². The molecular weight excluding hydrogens is 266 g/mol. The molecule has 0 unspecified atom stereocenters. The topological polar surface area (TPSA) is 65.4 Å². The third-order valence-electron chi connectivity index (χ3n) is 2.47. The Morgan fingerprint density at radius 2 is 1.95 bits per heavy atom. The maximum absolute atomic E-state index is 12.1. The van der Waals surface area contributed by atoms with Gasteiger partial charge in [-0.25, -0.2) is 0 Å². The number of nitrogens with zero attached hydrogens (tertiary/aromatic N) is 1. The lowest BCUT2D eigenvalue weighted by atomic mass is 10.1. The van der Waals surface area contributed by atoms with Gasteiger partial charge in [-0.3, -0.25) is 18.3 Å². The first kappa shape index (κ1) is 13.2. The van der Waals surface area contributed by atoms with Crippen LogP contribution in [0.4, 0.5) is 0 Å². The first-order chi connectivity index (χ1) is 9.11. The molecule has 0 saturated carbocycles. The van der Waals surface area contributed by atoms with Crippen molar-refractivity contribution in [2.45, 2.75) is 6.54 Å². The molecule has 0 N–H and O–H groups in total. The number of methoxy groups -OCH3 is 1. The molecule has 1 aromatic heterocycles. The number of carbonyl (C=O) groups excluding carboxylic acids is 2. The van der Waals surface area contributed by atoms with Crippen LogP contribution in [-0.4, -0.2) is 22.8 Å². The van der Waals surface area contributed by atoms with Crippen molar-refractivity contribution in [2.24, 2.45) is 0 Å². The lowest BCUT2D eigenvalue weighted by Crippen LogP contribution is -2.18. The number of ketones is 1. The van der Waals surface area contributed by atoms with Crippen LogP contribution in [0, 0.1) is 0 Å². The molecule has 2 aromatic rings. The molecule has 0 spiro atoms. The average Bonchev–Trinajstić information content (AvgIpc) is 2.80. The van der Waals surface area contributed by atoms with Crippen molar-refractivity contribution in [3.63, 3.8) is 0 Å². The van der Waals surface area contributed by atoms with E-state index in [1.807, 2.05) is 6.07 Å². The molecule has 0 saturated heterocycles. The van der Waals surface area contributed by atoms with Crippen molar-refractivity contribution in [1.29, 1.82) is 0 Å². The fourth-order valence-electron chi connectivity index (χ4n) is 1.50. The molecule has 6 heteroatoms. The van der Waals surface area contributed by atoms with Gasteiger partial charge >= 0.3 is 5.97 Å². The molecule has 0 amide bonds. The smallest absolute Gasteiger partial charge is 0.326 e. The highest BCUT2D eigenvalue weighted by Gasteiger charge is 2.15. The van der Waals surface area contributed by atoms with E-state index in [0.717, 1.165) is 11.5 Å². The third-order valence-corrected chi connectivity index (χ3v) is 3.50. The summed E-state index contributed by atoms with van der Waals surface area (Å²) in [5.74, 6) is -0.756. The van der Waals surface area contributed by atoms with E-state index in [-0.39, 0.29) is 17.9 Å². The Morgan fingerprint density at radius 3 is 2.58 bits per heavy atom. The SMILES string of the molecule is COC(=O)Cn1sc(C(=O)c2ccccc2)cc1=O. The first-order valence-electron chi connectivity index (χ1n) is 5.49. The van der Waals surface area contributed by atoms with E-state index in [9.17, 15) is 14.4 Å². The van der Waals surface area contributed by atoms with E-state index < -0.39 is 5.97 Å². The van der Waals surface area contributed by atoms with E-state index in [2.05, 4.69) is 4.74 Å². The molecule has 0 radical (unpaired) electrons. The van der Waals surface area contributed by atoms with Crippen LogP contribution in [0.15, 0.2) is 41.2 Å². The first-order valence-corrected chi connectivity index (χ1v) is 6.27. The summed E-state index contributed by atoms with van der Waals surface area (Å²) in [4.78, 5) is 35.2. The van der Waals surface area contributed by atoms with Crippen molar-refractivity contribution in [1.82, 2.24) is 3.96 Å². The fraction of sp³-hybridized carbons (Fsp3) is 0.154. The van der Waals surface area contributed by atoms with Crippen LogP contribution in [0.3, 0.4) is 0 Å². The van der Waals surface area contributed by atoms with Gasteiger partial charge in [-0.2, -0.15) is 0 Å². The predicted octanol–water partition coefficient (Wildman–Crippen LogP) is 1.31. The second-order valence-corrected chi connectivity index (χ2v) is 4.81. The molecule has 1 heterocycles. The van der Waals surface area contributed by atoms with Gasteiger partial charge in [0.25, 0.3) is 5.56 Å². The monoisotopic (exact) mass is 277 g/mol. The third kappa shape index (κ3) is 2.97. The van der Waals surface area contributed by atoms with E-state index in [1.165, 1.54) is 17.1 Å². The van der Waals surface area contributed by atoms with Gasteiger partial charge in [-0.1, -0.05) is 41.9 Å². The molecule has 98 valence electrons. The highest BCUT2D eigenvalue weighted by Crippen LogP contribution is 2.13. The van der Waals surface area contributed by atoms with E-state index in [4.69, 9.17) is 0 Å². The molecule has 5 nitrogen and oxygen atoms in total. The number of hydrogen-bond donors (Lipinski definition) is 0. The number of benzene rings is 1. The Kier molecular flexibility index (Phi) is 3.91. The average molecular weight is 277 g/mol. The van der Waals surface area contributed by atoms with Crippen molar-refractivity contribution >= 4 is 23.3 Å². The number of rotatable bonds is 4. The maximum Gasteiger partial charge on any atom is 0.326 e. The van der Waals surface area contributed by atoms with Crippen molar-refractivity contribution in [2.75, 3.05) is 7.11 Å². The molecule has 0 aliphatic rings. The van der Waals surface area contributed by atoms with Crippen LogP contribution < -0.4 is 5.56 Å². The molecule has 0 aliphatic heterocycles. The predicted molar refractivity (Wildman–Crippen MR) is 70.5 cm³/mol.